The molecule has 0 saturated heterocycles. The van der Waals surface area contributed by atoms with Gasteiger partial charge in [0.25, 0.3) is 0 Å². The van der Waals surface area contributed by atoms with E-state index in [0.29, 0.717) is 18.4 Å². The van der Waals surface area contributed by atoms with Crippen LogP contribution in [-0.2, 0) is 17.4 Å². The van der Waals surface area contributed by atoms with Crippen LogP contribution in [0.2, 0.25) is 0 Å². The van der Waals surface area contributed by atoms with E-state index < -0.39 is 18.5 Å². The highest BCUT2D eigenvalue weighted by molar-refractivity contribution is 7.46. The molecular formula is C10H14NO6P. The van der Waals surface area contributed by atoms with Gasteiger partial charge in [0.15, 0.2) is 0 Å². The van der Waals surface area contributed by atoms with Crippen molar-refractivity contribution in [2.75, 3.05) is 0 Å². The molecule has 0 bridgehead atoms. The molecule has 0 amide bonds. The molecule has 0 aliphatic rings. The Kier molecular flexibility index (Phi) is 4.45. The van der Waals surface area contributed by atoms with Crippen LogP contribution in [0.5, 0.6) is 5.75 Å². The molecule has 1 rings (SSSR count). The number of aryl methyl sites for hydroxylation is 1. The topological polar surface area (TPSA) is 110 Å². The molecule has 0 fully saturated rings. The summed E-state index contributed by atoms with van der Waals surface area (Å²) in [4.78, 5) is 27.8. The minimum atomic E-state index is -4.81. The molecule has 0 aliphatic heterocycles. The van der Waals surface area contributed by atoms with Crippen LogP contribution in [0.4, 0.5) is 5.69 Å². The third-order valence-corrected chi connectivity index (χ3v) is 2.91. The summed E-state index contributed by atoms with van der Waals surface area (Å²) in [5.41, 5.74) is 0.830. The molecule has 0 unspecified atom stereocenters. The molecule has 0 aliphatic carbocycles. The summed E-state index contributed by atoms with van der Waals surface area (Å²) in [7, 11) is -4.81. The van der Waals surface area contributed by atoms with Gasteiger partial charge in [-0.1, -0.05) is 19.9 Å². The Hall–Kier alpha value is -1.43. The maximum absolute atomic E-state index is 11.0. The van der Waals surface area contributed by atoms with Crippen LogP contribution in [0.1, 0.15) is 25.0 Å². The highest BCUT2D eigenvalue weighted by atomic mass is 31.2. The Balaban J connectivity index is 3.44. The zero-order valence-electron chi connectivity index (χ0n) is 9.99. The molecule has 7 nitrogen and oxygen atoms in total. The number of rotatable bonds is 5. The number of hydrogen-bond donors (Lipinski definition) is 2. The number of hydrogen-bond acceptors (Lipinski definition) is 4. The molecule has 0 heterocycles. The molecule has 0 atom stereocenters. The Morgan fingerprint density at radius 1 is 1.33 bits per heavy atom. The minimum absolute atomic E-state index is 0.375. The van der Waals surface area contributed by atoms with Crippen molar-refractivity contribution in [1.29, 1.82) is 0 Å². The van der Waals surface area contributed by atoms with E-state index in [1.807, 2.05) is 6.92 Å². The molecule has 0 saturated carbocycles. The second-order valence-electron chi connectivity index (χ2n) is 3.60. The van der Waals surface area contributed by atoms with Crippen molar-refractivity contribution in [2.45, 2.75) is 26.7 Å². The second-order valence-corrected chi connectivity index (χ2v) is 4.76. The summed E-state index contributed by atoms with van der Waals surface area (Å²) >= 11 is 0. The molecule has 0 radical (unpaired) electrons. The SMILES string of the molecule is CCc1ccc(OP(=O)(O)O)c([N+](=O)[O-])c1CC. The lowest BCUT2D eigenvalue weighted by Gasteiger charge is -2.12. The Bertz CT molecular complexity index is 509. The van der Waals surface area contributed by atoms with Crippen LogP contribution >= 0.6 is 7.82 Å². The molecule has 1 aromatic carbocycles. The van der Waals surface area contributed by atoms with Gasteiger partial charge in [0.05, 0.1) is 4.92 Å². The van der Waals surface area contributed by atoms with Gasteiger partial charge in [0.2, 0.25) is 5.75 Å². The van der Waals surface area contributed by atoms with Crippen LogP contribution in [-0.4, -0.2) is 14.7 Å². The first-order chi connectivity index (χ1) is 8.30. The number of nitrogens with zero attached hydrogens (tertiary/aromatic N) is 1. The van der Waals surface area contributed by atoms with Gasteiger partial charge in [-0.3, -0.25) is 19.9 Å². The number of nitro groups is 1. The van der Waals surface area contributed by atoms with E-state index in [1.54, 1.807) is 13.0 Å². The van der Waals surface area contributed by atoms with Gasteiger partial charge in [-0.05, 0) is 24.5 Å². The normalized spacial score (nSPS) is 11.3. The maximum Gasteiger partial charge on any atom is 0.525 e. The molecule has 2 N–H and O–H groups in total. The van der Waals surface area contributed by atoms with Gasteiger partial charge < -0.3 is 4.52 Å². The summed E-state index contributed by atoms with van der Waals surface area (Å²) in [6.45, 7) is 3.59. The molecule has 1 aromatic rings. The average Bonchev–Trinajstić information content (AvgIpc) is 2.25. The summed E-state index contributed by atoms with van der Waals surface area (Å²) in [6.07, 6.45) is 0.984. The van der Waals surface area contributed by atoms with E-state index in [1.165, 1.54) is 6.07 Å². The van der Waals surface area contributed by atoms with Gasteiger partial charge >= 0.3 is 13.5 Å². The van der Waals surface area contributed by atoms with Crippen molar-refractivity contribution in [3.8, 4) is 5.75 Å². The number of phosphoric ester groups is 1. The Morgan fingerprint density at radius 2 is 1.94 bits per heavy atom. The standard InChI is InChI=1S/C10H14NO6P/c1-3-7-5-6-9(17-18(14,15)16)10(11(12)13)8(7)4-2/h5-6H,3-4H2,1-2H3,(H2,14,15,16). The van der Waals surface area contributed by atoms with Crippen molar-refractivity contribution in [2.24, 2.45) is 0 Å². The number of nitro benzene ring substituents is 1. The van der Waals surface area contributed by atoms with E-state index in [-0.39, 0.29) is 5.69 Å². The lowest BCUT2D eigenvalue weighted by Crippen LogP contribution is -2.03. The summed E-state index contributed by atoms with van der Waals surface area (Å²) in [6, 6.07) is 2.80. The predicted molar refractivity (Wildman–Crippen MR) is 64.5 cm³/mol. The van der Waals surface area contributed by atoms with Crippen LogP contribution in [0.3, 0.4) is 0 Å². The zero-order valence-corrected chi connectivity index (χ0v) is 10.9. The Labute approximate surface area is 104 Å². The van der Waals surface area contributed by atoms with Gasteiger partial charge in [0.1, 0.15) is 0 Å². The van der Waals surface area contributed by atoms with E-state index in [0.717, 1.165) is 5.56 Å². The second kappa shape index (κ2) is 5.48. The van der Waals surface area contributed by atoms with Crippen molar-refractivity contribution < 1.29 is 23.8 Å². The monoisotopic (exact) mass is 275 g/mol. The van der Waals surface area contributed by atoms with Crippen molar-refractivity contribution in [1.82, 2.24) is 0 Å². The third-order valence-electron chi connectivity index (χ3n) is 2.48. The smallest absolute Gasteiger partial charge is 0.397 e. The quantitative estimate of drug-likeness (QED) is 0.484. The molecular weight excluding hydrogens is 261 g/mol. The summed E-state index contributed by atoms with van der Waals surface area (Å²) in [5.74, 6) is -0.401. The fourth-order valence-corrected chi connectivity index (χ4v) is 2.19. The van der Waals surface area contributed by atoms with E-state index >= 15 is 0 Å². The Morgan fingerprint density at radius 3 is 2.33 bits per heavy atom. The van der Waals surface area contributed by atoms with Gasteiger partial charge in [0, 0.05) is 5.56 Å². The van der Waals surface area contributed by atoms with Crippen LogP contribution < -0.4 is 4.52 Å². The summed E-state index contributed by atoms with van der Waals surface area (Å²) < 4.78 is 15.1. The molecule has 0 aromatic heterocycles. The van der Waals surface area contributed by atoms with Gasteiger partial charge in [-0.25, -0.2) is 4.57 Å². The van der Waals surface area contributed by atoms with E-state index in [9.17, 15) is 14.7 Å². The van der Waals surface area contributed by atoms with Crippen LogP contribution in [0.15, 0.2) is 12.1 Å². The average molecular weight is 275 g/mol. The van der Waals surface area contributed by atoms with Gasteiger partial charge in [-0.2, -0.15) is 0 Å². The largest absolute Gasteiger partial charge is 0.525 e. The number of phosphoric acid groups is 1. The lowest BCUT2D eigenvalue weighted by atomic mass is 10.0. The maximum atomic E-state index is 11.0. The molecule has 18 heavy (non-hydrogen) atoms. The fourth-order valence-electron chi connectivity index (χ4n) is 1.78. The molecule has 100 valence electrons. The fraction of sp³-hybridized carbons (Fsp3) is 0.400. The van der Waals surface area contributed by atoms with Crippen LogP contribution in [0, 0.1) is 10.1 Å². The first kappa shape index (κ1) is 14.6. The summed E-state index contributed by atoms with van der Waals surface area (Å²) in [5, 5.41) is 11.0. The van der Waals surface area contributed by atoms with E-state index in [4.69, 9.17) is 9.79 Å². The first-order valence-corrected chi connectivity index (χ1v) is 6.87. The zero-order chi connectivity index (χ0) is 13.9. The third kappa shape index (κ3) is 3.29. The highest BCUT2D eigenvalue weighted by Gasteiger charge is 2.27. The van der Waals surface area contributed by atoms with Crippen molar-refractivity contribution in [3.63, 3.8) is 0 Å². The van der Waals surface area contributed by atoms with Gasteiger partial charge in [-0.15, -0.1) is 0 Å². The first-order valence-electron chi connectivity index (χ1n) is 5.34. The van der Waals surface area contributed by atoms with Crippen molar-refractivity contribution >= 4 is 13.5 Å². The predicted octanol–water partition coefficient (Wildman–Crippen LogP) is 2.19. The lowest BCUT2D eigenvalue weighted by molar-refractivity contribution is -0.386. The highest BCUT2D eigenvalue weighted by Crippen LogP contribution is 2.43. The number of benzene rings is 1. The molecule has 8 heteroatoms. The molecule has 0 spiro atoms. The minimum Gasteiger partial charge on any atom is -0.397 e. The van der Waals surface area contributed by atoms with E-state index in [2.05, 4.69) is 4.52 Å². The van der Waals surface area contributed by atoms with Crippen LogP contribution in [0.25, 0.3) is 0 Å². The van der Waals surface area contributed by atoms with Crippen molar-refractivity contribution in [3.05, 3.63) is 33.4 Å².